The largest absolute Gasteiger partial charge is 0.492 e. The fraction of sp³-hybridized carbons (Fsp3) is 0.0800. The van der Waals surface area contributed by atoms with Gasteiger partial charge in [0.25, 0.3) is 5.91 Å². The van der Waals surface area contributed by atoms with E-state index in [9.17, 15) is 4.79 Å². The lowest BCUT2D eigenvalue weighted by Crippen LogP contribution is -2.13. The molecule has 0 unspecified atom stereocenters. The minimum Gasteiger partial charge on any atom is -0.492 e. The summed E-state index contributed by atoms with van der Waals surface area (Å²) in [6.45, 7) is 0.391. The van der Waals surface area contributed by atoms with Crippen molar-refractivity contribution in [3.8, 4) is 11.5 Å². The van der Waals surface area contributed by atoms with Crippen LogP contribution in [0.25, 0.3) is 10.8 Å². The Labute approximate surface area is 189 Å². The molecule has 0 bridgehead atoms. The van der Waals surface area contributed by atoms with Gasteiger partial charge in [-0.1, -0.05) is 66.7 Å². The zero-order valence-electron chi connectivity index (χ0n) is 16.4. The van der Waals surface area contributed by atoms with Crippen LogP contribution in [0.2, 0.25) is 0 Å². The monoisotopic (exact) mass is 509 g/mol. The van der Waals surface area contributed by atoms with Crippen molar-refractivity contribution in [3.05, 3.63) is 99.6 Å². The predicted octanol–water partition coefficient (Wildman–Crippen LogP) is 6.28. The van der Waals surface area contributed by atoms with Crippen molar-refractivity contribution in [2.75, 3.05) is 12.4 Å². The molecule has 0 heterocycles. The number of benzene rings is 4. The number of carbonyl (C=O) groups excluding carboxylic acids is 1. The Balaban J connectivity index is 1.61. The molecule has 5 heteroatoms. The van der Waals surface area contributed by atoms with Crippen LogP contribution in [0.1, 0.15) is 15.9 Å². The third-order valence-corrected chi connectivity index (χ3v) is 5.55. The number of hydrogen-bond donors (Lipinski definition) is 1. The molecule has 4 aromatic rings. The molecule has 0 fully saturated rings. The molecular weight excluding hydrogens is 489 g/mol. The van der Waals surface area contributed by atoms with Gasteiger partial charge in [0.15, 0.2) is 11.5 Å². The average molecular weight is 509 g/mol. The second kappa shape index (κ2) is 9.17. The number of halogens is 1. The zero-order chi connectivity index (χ0) is 20.9. The van der Waals surface area contributed by atoms with E-state index in [1.807, 2.05) is 72.8 Å². The molecule has 150 valence electrons. The highest BCUT2D eigenvalue weighted by atomic mass is 127. The topological polar surface area (TPSA) is 47.6 Å². The number of amides is 1. The highest BCUT2D eigenvalue weighted by Crippen LogP contribution is 2.35. The van der Waals surface area contributed by atoms with Crippen molar-refractivity contribution in [1.29, 1.82) is 0 Å². The normalized spacial score (nSPS) is 10.6. The summed E-state index contributed by atoms with van der Waals surface area (Å²) < 4.78 is 12.3. The van der Waals surface area contributed by atoms with Crippen molar-refractivity contribution in [2.45, 2.75) is 6.61 Å². The minimum atomic E-state index is -0.198. The third-order valence-electron chi connectivity index (χ3n) is 4.75. The number of fused-ring (bicyclic) bond motifs is 1. The number of anilines is 1. The van der Waals surface area contributed by atoms with Gasteiger partial charge in [0, 0.05) is 16.6 Å². The summed E-state index contributed by atoms with van der Waals surface area (Å²) in [5, 5.41) is 5.10. The molecule has 1 amide bonds. The molecule has 30 heavy (non-hydrogen) atoms. The predicted molar refractivity (Wildman–Crippen MR) is 128 cm³/mol. The number of hydrogen-bond acceptors (Lipinski definition) is 3. The Hall–Kier alpha value is -3.06. The Morgan fingerprint density at radius 1 is 0.933 bits per heavy atom. The van der Waals surface area contributed by atoms with Crippen LogP contribution >= 0.6 is 22.6 Å². The van der Waals surface area contributed by atoms with E-state index < -0.39 is 0 Å². The highest BCUT2D eigenvalue weighted by molar-refractivity contribution is 14.1. The molecule has 0 aliphatic rings. The Morgan fingerprint density at radius 3 is 2.47 bits per heavy atom. The Kier molecular flexibility index (Phi) is 6.18. The Morgan fingerprint density at radius 2 is 1.67 bits per heavy atom. The van der Waals surface area contributed by atoms with Crippen LogP contribution in [0.3, 0.4) is 0 Å². The molecule has 0 aromatic heterocycles. The summed E-state index contributed by atoms with van der Waals surface area (Å²) in [6.07, 6.45) is 0. The first-order valence-corrected chi connectivity index (χ1v) is 10.6. The molecule has 4 rings (SSSR count). The number of carbonyl (C=O) groups is 1. The van der Waals surface area contributed by atoms with Crippen molar-refractivity contribution in [3.63, 3.8) is 0 Å². The zero-order valence-corrected chi connectivity index (χ0v) is 18.6. The lowest BCUT2D eigenvalue weighted by Gasteiger charge is -2.15. The van der Waals surface area contributed by atoms with E-state index in [0.29, 0.717) is 23.7 Å². The lowest BCUT2D eigenvalue weighted by atomic mass is 10.1. The van der Waals surface area contributed by atoms with E-state index in [0.717, 1.165) is 25.6 Å². The van der Waals surface area contributed by atoms with Crippen molar-refractivity contribution in [1.82, 2.24) is 0 Å². The van der Waals surface area contributed by atoms with Crippen LogP contribution < -0.4 is 14.8 Å². The SMILES string of the molecule is COc1c(I)cc(C(=O)Nc2cccc3ccccc23)cc1OCc1ccccc1. The molecule has 0 spiro atoms. The standard InChI is InChI=1S/C25H20INO3/c1-29-24-21(26)14-19(15-23(24)30-16-17-8-3-2-4-9-17)25(28)27-22-13-7-11-18-10-5-6-12-20(18)22/h2-15H,16H2,1H3,(H,27,28). The van der Waals surface area contributed by atoms with Gasteiger partial charge in [-0.3, -0.25) is 4.79 Å². The molecule has 4 aromatic carbocycles. The molecule has 0 radical (unpaired) electrons. The minimum absolute atomic E-state index is 0.198. The summed E-state index contributed by atoms with van der Waals surface area (Å²) >= 11 is 2.16. The van der Waals surface area contributed by atoms with E-state index in [-0.39, 0.29) is 5.91 Å². The van der Waals surface area contributed by atoms with Gasteiger partial charge in [-0.2, -0.15) is 0 Å². The fourth-order valence-electron chi connectivity index (χ4n) is 3.27. The molecule has 0 atom stereocenters. The van der Waals surface area contributed by atoms with Crippen LogP contribution in [-0.2, 0) is 6.61 Å². The number of nitrogens with one attached hydrogen (secondary N) is 1. The second-order valence-corrected chi connectivity index (χ2v) is 7.91. The highest BCUT2D eigenvalue weighted by Gasteiger charge is 2.16. The molecule has 1 N–H and O–H groups in total. The summed E-state index contributed by atoms with van der Waals surface area (Å²) in [7, 11) is 1.60. The van der Waals surface area contributed by atoms with Gasteiger partial charge < -0.3 is 14.8 Å². The average Bonchev–Trinajstić information content (AvgIpc) is 2.78. The molecule has 0 aliphatic carbocycles. The van der Waals surface area contributed by atoms with Gasteiger partial charge in [-0.25, -0.2) is 0 Å². The van der Waals surface area contributed by atoms with Gasteiger partial charge >= 0.3 is 0 Å². The van der Waals surface area contributed by atoms with Gasteiger partial charge in [-0.05, 0) is 51.7 Å². The van der Waals surface area contributed by atoms with E-state index >= 15 is 0 Å². The van der Waals surface area contributed by atoms with Crippen molar-refractivity contribution in [2.24, 2.45) is 0 Å². The van der Waals surface area contributed by atoms with E-state index in [4.69, 9.17) is 9.47 Å². The maximum atomic E-state index is 13.0. The van der Waals surface area contributed by atoms with E-state index in [1.165, 1.54) is 0 Å². The summed E-state index contributed by atoms with van der Waals surface area (Å²) in [5.74, 6) is 0.959. The summed E-state index contributed by atoms with van der Waals surface area (Å²) in [4.78, 5) is 13.0. The van der Waals surface area contributed by atoms with Gasteiger partial charge in [-0.15, -0.1) is 0 Å². The first-order valence-electron chi connectivity index (χ1n) is 9.49. The van der Waals surface area contributed by atoms with Crippen LogP contribution in [0.4, 0.5) is 5.69 Å². The molecule has 4 nitrogen and oxygen atoms in total. The van der Waals surface area contributed by atoms with Crippen LogP contribution in [0.5, 0.6) is 11.5 Å². The molecule has 0 aliphatic heterocycles. The lowest BCUT2D eigenvalue weighted by molar-refractivity contribution is 0.102. The summed E-state index contributed by atoms with van der Waals surface area (Å²) in [5.41, 5.74) is 2.33. The van der Waals surface area contributed by atoms with Crippen molar-refractivity contribution < 1.29 is 14.3 Å². The van der Waals surface area contributed by atoms with Crippen LogP contribution in [-0.4, -0.2) is 13.0 Å². The third kappa shape index (κ3) is 4.41. The van der Waals surface area contributed by atoms with Gasteiger partial charge in [0.05, 0.1) is 10.7 Å². The Bertz CT molecular complexity index is 1190. The van der Waals surface area contributed by atoms with Crippen LogP contribution in [0, 0.1) is 3.57 Å². The summed E-state index contributed by atoms with van der Waals surface area (Å²) in [6, 6.07) is 27.2. The number of ether oxygens (including phenoxy) is 2. The second-order valence-electron chi connectivity index (χ2n) is 6.74. The number of rotatable bonds is 6. The maximum absolute atomic E-state index is 13.0. The number of methoxy groups -OCH3 is 1. The molecular formula is C25H20INO3. The first kappa shape index (κ1) is 20.2. The van der Waals surface area contributed by atoms with Crippen molar-refractivity contribution >= 4 is 45.0 Å². The fourth-order valence-corrected chi connectivity index (χ4v) is 4.09. The van der Waals surface area contributed by atoms with Gasteiger partial charge in [0.2, 0.25) is 0 Å². The van der Waals surface area contributed by atoms with E-state index in [2.05, 4.69) is 27.9 Å². The smallest absolute Gasteiger partial charge is 0.255 e. The quantitative estimate of drug-likeness (QED) is 0.311. The molecule has 0 saturated heterocycles. The van der Waals surface area contributed by atoms with Gasteiger partial charge in [0.1, 0.15) is 6.61 Å². The maximum Gasteiger partial charge on any atom is 0.255 e. The van der Waals surface area contributed by atoms with E-state index in [1.54, 1.807) is 19.2 Å². The molecule has 0 saturated carbocycles. The van der Waals surface area contributed by atoms with Crippen LogP contribution in [0.15, 0.2) is 84.9 Å². The first-order chi connectivity index (χ1) is 14.7.